The first-order chi connectivity index (χ1) is 18.3. The van der Waals surface area contributed by atoms with Crippen molar-refractivity contribution in [3.05, 3.63) is 77.5 Å². The number of aryl methyl sites for hydroxylation is 2. The average molecular weight is 503 g/mol. The van der Waals surface area contributed by atoms with Gasteiger partial charge in [-0.15, -0.1) is 0 Å². The van der Waals surface area contributed by atoms with E-state index in [-0.39, 0.29) is 5.41 Å². The lowest BCUT2D eigenvalue weighted by molar-refractivity contribution is -0.659. The Bertz CT molecular complexity index is 1750. The standard InChI is InChI=1S/C35H36NO2/c1-21-25-8-6-7-9-27(25)29(20-35(2,3)4)34-31(21)33-32-28(12-15-36(33)5)26-11-10-23(22-13-16-37-17-14-22)18-24(26)19-30(32)38-34/h6-12,15,18-19,22H,13-14,16-17,20H2,1-5H3/q+1. The van der Waals surface area contributed by atoms with E-state index in [0.717, 1.165) is 44.0 Å². The van der Waals surface area contributed by atoms with Gasteiger partial charge in [0.1, 0.15) is 18.5 Å². The van der Waals surface area contributed by atoms with E-state index >= 15 is 0 Å². The molecule has 3 heteroatoms. The summed E-state index contributed by atoms with van der Waals surface area (Å²) < 4.78 is 15.0. The molecule has 0 N–H and O–H groups in total. The predicted octanol–water partition coefficient (Wildman–Crippen LogP) is 8.53. The summed E-state index contributed by atoms with van der Waals surface area (Å²) in [6, 6.07) is 20.5. The summed E-state index contributed by atoms with van der Waals surface area (Å²) in [6.07, 6.45) is 5.36. The van der Waals surface area contributed by atoms with Gasteiger partial charge in [-0.05, 0) is 76.3 Å². The number of benzene rings is 4. The minimum atomic E-state index is 0.131. The summed E-state index contributed by atoms with van der Waals surface area (Å²) in [5.41, 5.74) is 6.64. The maximum absolute atomic E-state index is 7.03. The largest absolute Gasteiger partial charge is 0.455 e. The zero-order valence-corrected chi connectivity index (χ0v) is 23.2. The van der Waals surface area contributed by atoms with Crippen LogP contribution in [0.15, 0.2) is 60.8 Å². The van der Waals surface area contributed by atoms with Gasteiger partial charge in [0.05, 0.1) is 10.9 Å². The van der Waals surface area contributed by atoms with Gasteiger partial charge in [0.25, 0.3) is 0 Å². The number of hydrogen-bond donors (Lipinski definition) is 0. The monoisotopic (exact) mass is 502 g/mol. The normalized spacial score (nSPS) is 15.7. The molecule has 0 atom stereocenters. The van der Waals surface area contributed by atoms with Crippen LogP contribution in [0.5, 0.6) is 11.5 Å². The van der Waals surface area contributed by atoms with Crippen LogP contribution in [0.25, 0.3) is 43.6 Å². The molecule has 38 heavy (non-hydrogen) atoms. The summed E-state index contributed by atoms with van der Waals surface area (Å²) in [7, 11) is 2.17. The Morgan fingerprint density at radius 3 is 2.42 bits per heavy atom. The highest BCUT2D eigenvalue weighted by Crippen LogP contribution is 2.52. The maximum Gasteiger partial charge on any atom is 0.228 e. The lowest BCUT2D eigenvalue weighted by atomic mass is 9.81. The summed E-state index contributed by atoms with van der Waals surface area (Å²) in [5.74, 6) is 2.57. The number of pyridine rings is 1. The van der Waals surface area contributed by atoms with Gasteiger partial charge >= 0.3 is 0 Å². The lowest BCUT2D eigenvalue weighted by Crippen LogP contribution is -2.32. The highest BCUT2D eigenvalue weighted by Gasteiger charge is 2.34. The van der Waals surface area contributed by atoms with Crippen molar-refractivity contribution in [3.63, 3.8) is 0 Å². The molecule has 0 saturated carbocycles. The molecule has 0 unspecified atom stereocenters. The number of nitrogens with zero attached hydrogens (tertiary/aromatic N) is 1. The van der Waals surface area contributed by atoms with Crippen molar-refractivity contribution in [2.45, 2.75) is 52.9 Å². The number of hydrogen-bond acceptors (Lipinski definition) is 2. The third-order valence-corrected chi connectivity index (χ3v) is 8.60. The second-order valence-corrected chi connectivity index (χ2v) is 12.5. The molecular weight excluding hydrogens is 466 g/mol. The highest BCUT2D eigenvalue weighted by atomic mass is 16.5. The second-order valence-electron chi connectivity index (χ2n) is 12.5. The Morgan fingerprint density at radius 1 is 0.895 bits per heavy atom. The lowest BCUT2D eigenvalue weighted by Gasteiger charge is -2.28. The van der Waals surface area contributed by atoms with Crippen LogP contribution in [0.3, 0.4) is 0 Å². The molecule has 3 nitrogen and oxygen atoms in total. The first-order valence-corrected chi connectivity index (χ1v) is 14.0. The Balaban J connectivity index is 1.54. The van der Waals surface area contributed by atoms with Crippen LogP contribution in [0, 0.1) is 12.3 Å². The van der Waals surface area contributed by atoms with Crippen LogP contribution in [0.4, 0.5) is 0 Å². The van der Waals surface area contributed by atoms with Crippen molar-refractivity contribution in [1.82, 2.24) is 0 Å². The molecule has 2 aliphatic heterocycles. The topological polar surface area (TPSA) is 22.3 Å². The number of aromatic nitrogens is 1. The van der Waals surface area contributed by atoms with E-state index in [0.29, 0.717) is 5.92 Å². The van der Waals surface area contributed by atoms with Gasteiger partial charge < -0.3 is 9.47 Å². The fraction of sp³-hybridized carbons (Fsp3) is 0.343. The van der Waals surface area contributed by atoms with Gasteiger partial charge in [-0.2, -0.15) is 0 Å². The molecule has 192 valence electrons. The van der Waals surface area contributed by atoms with Crippen LogP contribution in [0.2, 0.25) is 0 Å². The molecule has 5 aromatic rings. The molecule has 7 rings (SSSR count). The summed E-state index contributed by atoms with van der Waals surface area (Å²) >= 11 is 0. The van der Waals surface area contributed by atoms with Crippen molar-refractivity contribution in [2.24, 2.45) is 12.5 Å². The molecule has 0 amide bonds. The number of rotatable bonds is 2. The van der Waals surface area contributed by atoms with Crippen LogP contribution >= 0.6 is 0 Å². The minimum Gasteiger partial charge on any atom is -0.455 e. The van der Waals surface area contributed by atoms with Crippen molar-refractivity contribution >= 4 is 32.3 Å². The predicted molar refractivity (Wildman–Crippen MR) is 156 cm³/mol. The van der Waals surface area contributed by atoms with E-state index in [4.69, 9.17) is 9.47 Å². The molecule has 1 fully saturated rings. The van der Waals surface area contributed by atoms with Gasteiger partial charge in [0.15, 0.2) is 6.20 Å². The second kappa shape index (κ2) is 8.54. The molecule has 1 aromatic heterocycles. The zero-order chi connectivity index (χ0) is 26.2. The first kappa shape index (κ1) is 23.7. The van der Waals surface area contributed by atoms with E-state index in [1.54, 1.807) is 0 Å². The molecule has 2 aliphatic rings. The average Bonchev–Trinajstić information content (AvgIpc) is 2.91. The van der Waals surface area contributed by atoms with Gasteiger partial charge in [-0.1, -0.05) is 63.2 Å². The smallest absolute Gasteiger partial charge is 0.228 e. The van der Waals surface area contributed by atoms with Gasteiger partial charge in [0, 0.05) is 30.2 Å². The Morgan fingerprint density at radius 2 is 1.66 bits per heavy atom. The van der Waals surface area contributed by atoms with Crippen molar-refractivity contribution in [2.75, 3.05) is 13.2 Å². The molecule has 3 heterocycles. The minimum absolute atomic E-state index is 0.131. The van der Waals surface area contributed by atoms with Crippen LogP contribution in [0.1, 0.15) is 56.2 Å². The van der Waals surface area contributed by atoms with Crippen molar-refractivity contribution in [3.8, 4) is 22.8 Å². The maximum atomic E-state index is 7.03. The van der Waals surface area contributed by atoms with Crippen molar-refractivity contribution in [1.29, 1.82) is 0 Å². The third-order valence-electron chi connectivity index (χ3n) is 8.60. The fourth-order valence-corrected chi connectivity index (χ4v) is 6.81. The fourth-order valence-electron chi connectivity index (χ4n) is 6.81. The Hall–Kier alpha value is -3.43. The molecule has 0 aliphatic carbocycles. The van der Waals surface area contributed by atoms with Crippen LogP contribution < -0.4 is 9.30 Å². The third kappa shape index (κ3) is 3.63. The molecule has 0 radical (unpaired) electrons. The van der Waals surface area contributed by atoms with E-state index in [9.17, 15) is 0 Å². The van der Waals surface area contributed by atoms with Gasteiger partial charge in [0.2, 0.25) is 5.69 Å². The van der Waals surface area contributed by atoms with E-state index < -0.39 is 0 Å². The highest BCUT2D eigenvalue weighted by molar-refractivity contribution is 6.16. The molecular formula is C35H36NO2+. The van der Waals surface area contributed by atoms with Crippen molar-refractivity contribution < 1.29 is 14.0 Å². The first-order valence-electron chi connectivity index (χ1n) is 14.0. The van der Waals surface area contributed by atoms with Gasteiger partial charge in [-0.25, -0.2) is 4.57 Å². The number of fused-ring (bicyclic) bond motifs is 5. The molecule has 4 aromatic carbocycles. The number of ether oxygens (including phenoxy) is 2. The van der Waals surface area contributed by atoms with E-state index in [1.165, 1.54) is 60.3 Å². The molecule has 1 saturated heterocycles. The Kier molecular flexibility index (Phi) is 5.32. The summed E-state index contributed by atoms with van der Waals surface area (Å²) in [4.78, 5) is 0. The van der Waals surface area contributed by atoms with E-state index in [1.807, 2.05) is 0 Å². The molecule has 0 spiro atoms. The summed E-state index contributed by atoms with van der Waals surface area (Å²) in [5, 5.41) is 7.65. The summed E-state index contributed by atoms with van der Waals surface area (Å²) in [6.45, 7) is 10.9. The Labute approximate surface area is 225 Å². The quantitative estimate of drug-likeness (QED) is 0.175. The van der Waals surface area contributed by atoms with Crippen LogP contribution in [-0.4, -0.2) is 13.2 Å². The zero-order valence-electron chi connectivity index (χ0n) is 23.2. The van der Waals surface area contributed by atoms with Crippen LogP contribution in [-0.2, 0) is 18.2 Å². The SMILES string of the molecule is Cc1c2c(c(CC(C)(C)C)c3ccccc13)Oc1cc3cc(C4CCOCC4)ccc3c3cc[n+](C)c-2c13. The molecule has 0 bridgehead atoms. The van der Waals surface area contributed by atoms with Gasteiger partial charge in [-0.3, -0.25) is 0 Å². The van der Waals surface area contributed by atoms with E-state index in [2.05, 4.69) is 100 Å².